The summed E-state index contributed by atoms with van der Waals surface area (Å²) >= 11 is 0. The van der Waals surface area contributed by atoms with Gasteiger partial charge in [-0.15, -0.1) is 0 Å². The van der Waals surface area contributed by atoms with Crippen molar-refractivity contribution in [1.82, 2.24) is 0 Å². The van der Waals surface area contributed by atoms with E-state index in [-0.39, 0.29) is 5.75 Å². The summed E-state index contributed by atoms with van der Waals surface area (Å²) in [5.74, 6) is 1.59. The minimum absolute atomic E-state index is 0.172. The van der Waals surface area contributed by atoms with Gasteiger partial charge in [0.25, 0.3) is 0 Å². The van der Waals surface area contributed by atoms with Crippen LogP contribution in [-0.2, 0) is 13.0 Å². The van der Waals surface area contributed by atoms with Crippen molar-refractivity contribution in [2.75, 3.05) is 14.2 Å². The first-order valence-electron chi connectivity index (χ1n) is 8.03. The van der Waals surface area contributed by atoms with Crippen LogP contribution in [0.5, 0.6) is 17.2 Å². The largest absolute Gasteiger partial charge is 0.504 e. The van der Waals surface area contributed by atoms with Gasteiger partial charge >= 0.3 is 0 Å². The number of ether oxygens (including phenoxy) is 2. The van der Waals surface area contributed by atoms with E-state index in [0.29, 0.717) is 5.75 Å². The van der Waals surface area contributed by atoms with Gasteiger partial charge in [-0.05, 0) is 47.7 Å². The summed E-state index contributed by atoms with van der Waals surface area (Å²) < 4.78 is 12.9. The fourth-order valence-corrected chi connectivity index (χ4v) is 3.53. The number of aryl methyl sites for hydroxylation is 3. The van der Waals surface area contributed by atoms with Crippen LogP contribution < -0.4 is 14.0 Å². The third kappa shape index (κ3) is 2.18. The Balaban J connectivity index is 1.96. The van der Waals surface area contributed by atoms with Crippen LogP contribution in [0.4, 0.5) is 0 Å². The number of phenols is 1. The number of phenolic OH excluding ortho intramolecular Hbond substituents is 1. The van der Waals surface area contributed by atoms with E-state index in [4.69, 9.17) is 9.47 Å². The molecule has 2 aromatic carbocycles. The number of aromatic hydroxyl groups is 1. The third-order valence-electron chi connectivity index (χ3n) is 4.80. The van der Waals surface area contributed by atoms with Gasteiger partial charge in [0.15, 0.2) is 24.2 Å². The van der Waals surface area contributed by atoms with Crippen LogP contribution in [0.25, 0.3) is 22.0 Å². The topological polar surface area (TPSA) is 42.6 Å². The molecule has 4 rings (SSSR count). The zero-order valence-corrected chi connectivity index (χ0v) is 14.1. The van der Waals surface area contributed by atoms with E-state index in [2.05, 4.69) is 35.9 Å². The number of hydrogen-bond donors (Lipinski definition) is 1. The van der Waals surface area contributed by atoms with Crippen LogP contribution in [0, 0.1) is 6.92 Å². The fourth-order valence-electron chi connectivity index (χ4n) is 3.53. The Morgan fingerprint density at radius 1 is 0.958 bits per heavy atom. The van der Waals surface area contributed by atoms with Crippen LogP contribution >= 0.6 is 0 Å². The molecule has 1 aromatic heterocycles. The maximum atomic E-state index is 10.2. The molecule has 0 amide bonds. The summed E-state index contributed by atoms with van der Waals surface area (Å²) in [5.41, 5.74) is 4.49. The van der Waals surface area contributed by atoms with E-state index < -0.39 is 0 Å². The van der Waals surface area contributed by atoms with Crippen LogP contribution in [0.1, 0.15) is 11.1 Å². The normalized spacial score (nSPS) is 12.6. The molecule has 1 N–H and O–H groups in total. The lowest BCUT2D eigenvalue weighted by Crippen LogP contribution is -2.40. The number of nitrogens with zero attached hydrogens (tertiary/aromatic N) is 1. The number of pyridine rings is 1. The van der Waals surface area contributed by atoms with Gasteiger partial charge in [0.1, 0.15) is 5.75 Å². The van der Waals surface area contributed by atoms with Gasteiger partial charge < -0.3 is 14.6 Å². The molecule has 0 unspecified atom stereocenters. The number of benzene rings is 2. The molecule has 0 bridgehead atoms. The lowest BCUT2D eigenvalue weighted by Gasteiger charge is -2.17. The van der Waals surface area contributed by atoms with E-state index >= 15 is 0 Å². The molecule has 0 fully saturated rings. The predicted molar refractivity (Wildman–Crippen MR) is 92.8 cm³/mol. The van der Waals surface area contributed by atoms with E-state index in [1.807, 2.05) is 6.07 Å². The Morgan fingerprint density at radius 3 is 2.50 bits per heavy atom. The van der Waals surface area contributed by atoms with Crippen molar-refractivity contribution in [2.45, 2.75) is 19.9 Å². The molecule has 24 heavy (non-hydrogen) atoms. The van der Waals surface area contributed by atoms with Crippen molar-refractivity contribution in [1.29, 1.82) is 0 Å². The summed E-state index contributed by atoms with van der Waals surface area (Å²) in [4.78, 5) is 0. The molecule has 122 valence electrons. The smallest absolute Gasteiger partial charge is 0.213 e. The van der Waals surface area contributed by atoms with Crippen LogP contribution in [0.3, 0.4) is 0 Å². The van der Waals surface area contributed by atoms with Crippen LogP contribution in [-0.4, -0.2) is 19.3 Å². The quantitative estimate of drug-likeness (QED) is 0.736. The van der Waals surface area contributed by atoms with E-state index in [9.17, 15) is 5.11 Å². The summed E-state index contributed by atoms with van der Waals surface area (Å²) in [7, 11) is 3.27. The number of aromatic nitrogens is 1. The van der Waals surface area contributed by atoms with Crippen molar-refractivity contribution >= 4 is 10.8 Å². The summed E-state index contributed by atoms with van der Waals surface area (Å²) in [6.07, 6.45) is 3.10. The highest BCUT2D eigenvalue weighted by Crippen LogP contribution is 2.37. The first-order valence-corrected chi connectivity index (χ1v) is 8.03. The monoisotopic (exact) mass is 322 g/mol. The highest BCUT2D eigenvalue weighted by Gasteiger charge is 2.25. The Labute approximate surface area is 140 Å². The zero-order valence-electron chi connectivity index (χ0n) is 14.1. The molecule has 0 aliphatic carbocycles. The van der Waals surface area contributed by atoms with E-state index in [1.165, 1.54) is 10.9 Å². The second-order valence-electron chi connectivity index (χ2n) is 6.23. The van der Waals surface area contributed by atoms with Gasteiger partial charge in [-0.25, -0.2) is 0 Å². The lowest BCUT2D eigenvalue weighted by atomic mass is 9.95. The predicted octanol–water partition coefficient (Wildman–Crippen LogP) is 3.38. The fraction of sp³-hybridized carbons (Fsp3) is 0.250. The molecule has 1 aliphatic rings. The number of rotatable bonds is 2. The summed E-state index contributed by atoms with van der Waals surface area (Å²) in [6, 6.07) is 10.1. The first kappa shape index (κ1) is 14.8. The van der Waals surface area contributed by atoms with E-state index in [1.54, 1.807) is 20.3 Å². The molecule has 0 spiro atoms. The maximum absolute atomic E-state index is 10.2. The molecular weight excluding hydrogens is 302 g/mol. The SMILES string of the molecule is COc1cc2cc3[n+](cc2cc1C)CCc1cc(OC)c(O)cc1-3. The van der Waals surface area contributed by atoms with Crippen molar-refractivity contribution in [3.63, 3.8) is 0 Å². The van der Waals surface area contributed by atoms with Crippen LogP contribution in [0.15, 0.2) is 36.5 Å². The number of methoxy groups -OCH3 is 2. The molecule has 0 atom stereocenters. The average Bonchev–Trinajstić information content (AvgIpc) is 2.59. The molecule has 4 nitrogen and oxygen atoms in total. The van der Waals surface area contributed by atoms with Gasteiger partial charge in [0.05, 0.1) is 19.8 Å². The maximum Gasteiger partial charge on any atom is 0.213 e. The zero-order chi connectivity index (χ0) is 16.8. The summed E-state index contributed by atoms with van der Waals surface area (Å²) in [5, 5.41) is 12.5. The second kappa shape index (κ2) is 5.41. The van der Waals surface area contributed by atoms with Crippen molar-refractivity contribution in [2.24, 2.45) is 0 Å². The van der Waals surface area contributed by atoms with Gasteiger partial charge in [0, 0.05) is 17.9 Å². The lowest BCUT2D eigenvalue weighted by molar-refractivity contribution is -0.686. The molecular formula is C20H20NO3+. The average molecular weight is 322 g/mol. The molecule has 1 aliphatic heterocycles. The molecule has 0 saturated carbocycles. The van der Waals surface area contributed by atoms with Crippen LogP contribution in [0.2, 0.25) is 0 Å². The third-order valence-corrected chi connectivity index (χ3v) is 4.80. The highest BCUT2D eigenvalue weighted by atomic mass is 16.5. The van der Waals surface area contributed by atoms with Crippen molar-refractivity contribution < 1.29 is 19.1 Å². The van der Waals surface area contributed by atoms with Gasteiger partial charge in [0.2, 0.25) is 5.69 Å². The first-order chi connectivity index (χ1) is 11.6. The van der Waals surface area contributed by atoms with Gasteiger partial charge in [-0.3, -0.25) is 0 Å². The Morgan fingerprint density at radius 2 is 1.75 bits per heavy atom. The van der Waals surface area contributed by atoms with Gasteiger partial charge in [-0.2, -0.15) is 4.57 Å². The highest BCUT2D eigenvalue weighted by molar-refractivity contribution is 5.86. The standard InChI is InChI=1S/C20H19NO3/c1-12-6-15-11-21-5-4-13-8-20(24-3)18(22)10-16(13)17(21)7-14(15)9-19(12)23-2/h6-11H,4-5H2,1-3H3/p+1. The van der Waals surface area contributed by atoms with Crippen molar-refractivity contribution in [3.8, 4) is 28.5 Å². The molecule has 4 heteroatoms. The molecule has 3 aromatic rings. The van der Waals surface area contributed by atoms with Crippen molar-refractivity contribution in [3.05, 3.63) is 47.7 Å². The number of hydrogen-bond acceptors (Lipinski definition) is 3. The Kier molecular flexibility index (Phi) is 3.34. The summed E-state index contributed by atoms with van der Waals surface area (Å²) in [6.45, 7) is 2.97. The minimum atomic E-state index is 0.172. The minimum Gasteiger partial charge on any atom is -0.504 e. The van der Waals surface area contributed by atoms with Gasteiger partial charge in [-0.1, -0.05) is 0 Å². The molecule has 2 heterocycles. The molecule has 0 saturated heterocycles. The van der Waals surface area contributed by atoms with E-state index in [0.717, 1.165) is 40.9 Å². The number of fused-ring (bicyclic) bond motifs is 4. The Bertz CT molecular complexity index is 963. The second-order valence-corrected chi connectivity index (χ2v) is 6.23. The molecule has 0 radical (unpaired) electrons. The Hall–Kier alpha value is -2.75.